The Morgan fingerprint density at radius 3 is 2.04 bits per heavy atom. The number of hydrogen-bond acceptors (Lipinski definition) is 3. The van der Waals surface area contributed by atoms with Crippen LogP contribution < -0.4 is 0 Å². The summed E-state index contributed by atoms with van der Waals surface area (Å²) in [6.07, 6.45) is 4.47. The van der Waals surface area contributed by atoms with Gasteiger partial charge in [0.25, 0.3) is 0 Å². The molecule has 0 radical (unpaired) electrons. The molecule has 1 aromatic carbocycles. The minimum atomic E-state index is -0.586. The van der Waals surface area contributed by atoms with Gasteiger partial charge in [0.1, 0.15) is 5.76 Å². The number of nitrogens with zero attached hydrogens (tertiary/aromatic N) is 1. The lowest BCUT2D eigenvalue weighted by molar-refractivity contribution is 0.0981. The second-order valence-corrected chi connectivity index (χ2v) is 7.70. The minimum Gasteiger partial charge on any atom is -0.411 e. The largest absolute Gasteiger partial charge is 0.415 e. The van der Waals surface area contributed by atoms with Crippen molar-refractivity contribution in [2.75, 3.05) is 0 Å². The van der Waals surface area contributed by atoms with Crippen LogP contribution in [0.3, 0.4) is 0 Å². The highest BCUT2D eigenvalue weighted by atomic mass is 16.6. The van der Waals surface area contributed by atoms with E-state index in [0.717, 1.165) is 5.56 Å². The third-order valence-corrected chi connectivity index (χ3v) is 4.44. The standard InChI is InChI=1S/C23H35NO3/c1-8-12-20(27-23(26)24(17(4)5)18(6)7)15-21(22(25)16(2)3)19-13-10-9-11-14-19/h8-18,21-22,25H,1-7H3/b12-8+,20-15-/t21?,22-/m0/s1. The van der Waals surface area contributed by atoms with Gasteiger partial charge in [-0.05, 0) is 58.3 Å². The topological polar surface area (TPSA) is 49.8 Å². The van der Waals surface area contributed by atoms with Crippen molar-refractivity contribution in [2.45, 2.75) is 72.6 Å². The number of amides is 1. The lowest BCUT2D eigenvalue weighted by atomic mass is 9.86. The lowest BCUT2D eigenvalue weighted by Crippen LogP contribution is -2.42. The van der Waals surface area contributed by atoms with Gasteiger partial charge in [-0.3, -0.25) is 0 Å². The first-order valence-electron chi connectivity index (χ1n) is 9.76. The Balaban J connectivity index is 3.23. The number of carbonyl (C=O) groups is 1. The predicted molar refractivity (Wildman–Crippen MR) is 112 cm³/mol. The summed E-state index contributed by atoms with van der Waals surface area (Å²) >= 11 is 0. The van der Waals surface area contributed by atoms with Crippen LogP contribution in [0, 0.1) is 5.92 Å². The van der Waals surface area contributed by atoms with Gasteiger partial charge >= 0.3 is 6.09 Å². The summed E-state index contributed by atoms with van der Waals surface area (Å²) in [5.74, 6) is 0.246. The Kier molecular flexibility index (Phi) is 9.30. The van der Waals surface area contributed by atoms with Crippen LogP contribution in [0.25, 0.3) is 0 Å². The van der Waals surface area contributed by atoms with Crippen molar-refractivity contribution in [2.24, 2.45) is 5.92 Å². The van der Waals surface area contributed by atoms with Crippen LogP contribution in [-0.2, 0) is 4.74 Å². The summed E-state index contributed by atoms with van der Waals surface area (Å²) in [7, 11) is 0. The van der Waals surface area contributed by atoms with E-state index < -0.39 is 6.10 Å². The summed E-state index contributed by atoms with van der Waals surface area (Å²) in [6, 6.07) is 9.88. The highest BCUT2D eigenvalue weighted by Crippen LogP contribution is 2.28. The predicted octanol–water partition coefficient (Wildman–Crippen LogP) is 5.50. The third kappa shape index (κ3) is 6.87. The monoisotopic (exact) mass is 373 g/mol. The zero-order chi connectivity index (χ0) is 20.6. The van der Waals surface area contributed by atoms with Gasteiger partial charge in [0.15, 0.2) is 0 Å². The Morgan fingerprint density at radius 2 is 1.59 bits per heavy atom. The van der Waals surface area contributed by atoms with E-state index in [2.05, 4.69) is 0 Å². The summed E-state index contributed by atoms with van der Waals surface area (Å²) in [6.45, 7) is 13.7. The normalized spacial score (nSPS) is 14.9. The Hall–Kier alpha value is -2.07. The van der Waals surface area contributed by atoms with Crippen molar-refractivity contribution in [3.63, 3.8) is 0 Å². The van der Waals surface area contributed by atoms with Crippen molar-refractivity contribution in [3.8, 4) is 0 Å². The molecular formula is C23H35NO3. The number of aliphatic hydroxyl groups is 1. The molecule has 0 spiro atoms. The van der Waals surface area contributed by atoms with Gasteiger partial charge in [-0.25, -0.2) is 4.79 Å². The highest BCUT2D eigenvalue weighted by molar-refractivity contribution is 5.70. The van der Waals surface area contributed by atoms with Crippen LogP contribution in [0.4, 0.5) is 4.79 Å². The number of rotatable bonds is 8. The van der Waals surface area contributed by atoms with E-state index in [1.54, 1.807) is 11.0 Å². The Morgan fingerprint density at radius 1 is 1.04 bits per heavy atom. The molecule has 2 atom stereocenters. The molecule has 1 rings (SSSR count). The molecule has 150 valence electrons. The first-order chi connectivity index (χ1) is 12.7. The number of carbonyl (C=O) groups excluding carboxylic acids is 1. The smallest absolute Gasteiger partial charge is 0.411 e. The molecule has 1 aromatic rings. The maximum atomic E-state index is 12.7. The number of hydrogen-bond donors (Lipinski definition) is 1. The second-order valence-electron chi connectivity index (χ2n) is 7.70. The number of ether oxygens (including phenoxy) is 1. The van der Waals surface area contributed by atoms with E-state index in [1.807, 2.05) is 91.0 Å². The average molecular weight is 374 g/mol. The number of allylic oxidation sites excluding steroid dienone is 2. The molecule has 0 heterocycles. The summed E-state index contributed by atoms with van der Waals surface area (Å²) in [5, 5.41) is 10.8. The maximum Gasteiger partial charge on any atom is 0.415 e. The zero-order valence-corrected chi connectivity index (χ0v) is 17.7. The molecule has 0 bridgehead atoms. The SMILES string of the molecule is C/C=C/C(=C/C(c1ccccc1)[C@@H](O)C(C)C)OC(=O)N(C(C)C)C(C)C. The third-order valence-electron chi connectivity index (χ3n) is 4.44. The number of aliphatic hydroxyl groups excluding tert-OH is 1. The molecule has 0 fully saturated rings. The van der Waals surface area contributed by atoms with Gasteiger partial charge in [0.05, 0.1) is 6.10 Å². The van der Waals surface area contributed by atoms with Gasteiger partial charge in [-0.2, -0.15) is 0 Å². The van der Waals surface area contributed by atoms with E-state index in [9.17, 15) is 9.90 Å². The highest BCUT2D eigenvalue weighted by Gasteiger charge is 2.25. The first-order valence-corrected chi connectivity index (χ1v) is 9.76. The Bertz CT molecular complexity index is 624. The van der Waals surface area contributed by atoms with E-state index in [4.69, 9.17) is 4.74 Å². The molecule has 4 heteroatoms. The van der Waals surface area contributed by atoms with Crippen LogP contribution in [0.5, 0.6) is 0 Å². The van der Waals surface area contributed by atoms with Crippen molar-refractivity contribution in [3.05, 3.63) is 59.9 Å². The molecule has 0 saturated heterocycles. The van der Waals surface area contributed by atoms with Crippen molar-refractivity contribution in [1.82, 2.24) is 4.90 Å². The fourth-order valence-corrected chi connectivity index (χ4v) is 3.12. The van der Waals surface area contributed by atoms with Crippen molar-refractivity contribution >= 4 is 6.09 Å². The quantitative estimate of drug-likeness (QED) is 0.483. The van der Waals surface area contributed by atoms with E-state index in [-0.39, 0.29) is 30.0 Å². The second kappa shape index (κ2) is 10.9. The van der Waals surface area contributed by atoms with E-state index in [0.29, 0.717) is 5.76 Å². The molecule has 0 aliphatic rings. The van der Waals surface area contributed by atoms with Crippen LogP contribution in [-0.4, -0.2) is 34.3 Å². The van der Waals surface area contributed by atoms with Crippen LogP contribution in [0.15, 0.2) is 54.3 Å². The number of benzene rings is 1. The molecule has 0 aromatic heterocycles. The minimum absolute atomic E-state index is 0.0375. The van der Waals surface area contributed by atoms with Gasteiger partial charge in [0.2, 0.25) is 0 Å². The molecule has 1 N–H and O–H groups in total. The average Bonchev–Trinajstić information content (AvgIpc) is 2.59. The van der Waals surface area contributed by atoms with Crippen molar-refractivity contribution < 1.29 is 14.6 Å². The molecule has 0 aliphatic carbocycles. The zero-order valence-electron chi connectivity index (χ0n) is 17.7. The molecule has 0 aliphatic heterocycles. The van der Waals surface area contributed by atoms with E-state index in [1.165, 1.54) is 0 Å². The molecule has 1 amide bonds. The summed E-state index contributed by atoms with van der Waals surface area (Å²) < 4.78 is 5.71. The fourth-order valence-electron chi connectivity index (χ4n) is 3.12. The van der Waals surface area contributed by atoms with Gasteiger partial charge in [-0.15, -0.1) is 0 Å². The van der Waals surface area contributed by atoms with E-state index >= 15 is 0 Å². The fraction of sp³-hybridized carbons (Fsp3) is 0.522. The van der Waals surface area contributed by atoms with Crippen LogP contribution >= 0.6 is 0 Å². The first kappa shape index (κ1) is 23.0. The van der Waals surface area contributed by atoms with Gasteiger partial charge in [0, 0.05) is 18.0 Å². The van der Waals surface area contributed by atoms with Gasteiger partial charge in [-0.1, -0.05) is 50.3 Å². The van der Waals surface area contributed by atoms with Crippen molar-refractivity contribution in [1.29, 1.82) is 0 Å². The summed E-state index contributed by atoms with van der Waals surface area (Å²) in [5.41, 5.74) is 0.987. The molecule has 4 nitrogen and oxygen atoms in total. The molecule has 1 unspecified atom stereocenters. The van der Waals surface area contributed by atoms with Gasteiger partial charge < -0.3 is 14.7 Å². The van der Waals surface area contributed by atoms with Crippen LogP contribution in [0.1, 0.15) is 59.9 Å². The van der Waals surface area contributed by atoms with Crippen LogP contribution in [0.2, 0.25) is 0 Å². The Labute approximate surface area is 164 Å². The lowest BCUT2D eigenvalue weighted by Gasteiger charge is -2.30. The molecule has 27 heavy (non-hydrogen) atoms. The molecular weight excluding hydrogens is 338 g/mol. The molecule has 0 saturated carbocycles. The maximum absolute atomic E-state index is 12.7. The summed E-state index contributed by atoms with van der Waals surface area (Å²) in [4.78, 5) is 14.4.